The molecule has 0 amide bonds. The Morgan fingerprint density at radius 1 is 1.14 bits per heavy atom. The maximum Gasteiger partial charge on any atom is 0.141 e. The molecule has 3 saturated carbocycles. The molecule has 0 radical (unpaired) electrons. The highest BCUT2D eigenvalue weighted by atomic mass is 16.6. The van der Waals surface area contributed by atoms with Crippen LogP contribution in [0.1, 0.15) is 73.1 Å². The molecule has 0 aromatic rings. The molecule has 2 nitrogen and oxygen atoms in total. The Hall–Kier alpha value is -0.370. The number of rotatable bonds is 1. The van der Waals surface area contributed by atoms with E-state index in [4.69, 9.17) is 4.74 Å². The van der Waals surface area contributed by atoms with Gasteiger partial charge in [0.2, 0.25) is 0 Å². The van der Waals surface area contributed by atoms with Gasteiger partial charge in [0.1, 0.15) is 17.0 Å². The number of carbonyl (C=O) groups excluding carboxylic acids is 1. The van der Waals surface area contributed by atoms with Gasteiger partial charge < -0.3 is 4.74 Å². The Kier molecular flexibility index (Phi) is 3.02. The van der Waals surface area contributed by atoms with Crippen molar-refractivity contribution in [2.75, 3.05) is 0 Å². The molecule has 0 N–H and O–H groups in total. The summed E-state index contributed by atoms with van der Waals surface area (Å²) in [7, 11) is 0. The molecule has 2 heteroatoms. The van der Waals surface area contributed by atoms with Gasteiger partial charge in [-0.25, -0.2) is 0 Å². The molecule has 3 aliphatic carbocycles. The average Bonchev–Trinajstić information content (AvgIpc) is 2.86. The highest BCUT2D eigenvalue weighted by molar-refractivity contribution is 5.88. The summed E-state index contributed by atoms with van der Waals surface area (Å²) in [5.74, 6) is 3.59. The second kappa shape index (κ2) is 4.37. The van der Waals surface area contributed by atoms with Gasteiger partial charge in [0, 0.05) is 12.3 Å². The highest BCUT2D eigenvalue weighted by Gasteiger charge is 2.81. The van der Waals surface area contributed by atoms with Crippen molar-refractivity contribution in [2.45, 2.75) is 84.3 Å². The van der Waals surface area contributed by atoms with E-state index in [9.17, 15) is 4.79 Å². The number of epoxide rings is 1. The molecule has 1 aliphatic heterocycles. The molecule has 124 valence electrons. The number of hydrogen-bond donors (Lipinski definition) is 0. The lowest BCUT2D eigenvalue weighted by atomic mass is 9.61. The Balaban J connectivity index is 1.71. The molecule has 7 atom stereocenters. The van der Waals surface area contributed by atoms with Crippen LogP contribution >= 0.6 is 0 Å². The van der Waals surface area contributed by atoms with E-state index < -0.39 is 0 Å². The highest BCUT2D eigenvalue weighted by Crippen LogP contribution is 2.72. The van der Waals surface area contributed by atoms with Crippen LogP contribution in [-0.4, -0.2) is 17.0 Å². The Morgan fingerprint density at radius 2 is 1.86 bits per heavy atom. The van der Waals surface area contributed by atoms with Gasteiger partial charge in [-0.1, -0.05) is 34.6 Å². The average molecular weight is 304 g/mol. The molecule has 1 heterocycles. The summed E-state index contributed by atoms with van der Waals surface area (Å²) in [6, 6.07) is 0. The summed E-state index contributed by atoms with van der Waals surface area (Å²) in [6.07, 6.45) is 7.10. The molecule has 4 fully saturated rings. The first-order valence-electron chi connectivity index (χ1n) is 9.49. The summed E-state index contributed by atoms with van der Waals surface area (Å²) in [5, 5.41) is 0. The molecule has 0 bridgehead atoms. The summed E-state index contributed by atoms with van der Waals surface area (Å²) >= 11 is 0. The topological polar surface area (TPSA) is 29.6 Å². The van der Waals surface area contributed by atoms with Crippen molar-refractivity contribution in [1.82, 2.24) is 0 Å². The lowest BCUT2D eigenvalue weighted by Gasteiger charge is -2.41. The Labute approximate surface area is 135 Å². The largest absolute Gasteiger partial charge is 0.361 e. The van der Waals surface area contributed by atoms with Crippen molar-refractivity contribution in [1.29, 1.82) is 0 Å². The summed E-state index contributed by atoms with van der Waals surface area (Å²) in [6.45, 7) is 11.8. The number of Topliss-reactive ketones (excluding diaryl/α,β-unsaturated/α-hetero) is 1. The van der Waals surface area contributed by atoms with Gasteiger partial charge >= 0.3 is 0 Å². The maximum atomic E-state index is 12.4. The molecule has 4 rings (SSSR count). The molecule has 0 aromatic carbocycles. The van der Waals surface area contributed by atoms with Gasteiger partial charge in [-0.3, -0.25) is 4.79 Å². The van der Waals surface area contributed by atoms with Crippen LogP contribution in [0.4, 0.5) is 0 Å². The number of ketones is 1. The molecule has 0 aromatic heterocycles. The van der Waals surface area contributed by atoms with Gasteiger partial charge in [-0.05, 0) is 61.2 Å². The van der Waals surface area contributed by atoms with E-state index in [0.717, 1.165) is 24.2 Å². The first-order chi connectivity index (χ1) is 10.3. The van der Waals surface area contributed by atoms with E-state index >= 15 is 0 Å². The second-order valence-corrected chi connectivity index (χ2v) is 9.61. The minimum atomic E-state index is -0.108. The van der Waals surface area contributed by atoms with E-state index in [1.54, 1.807) is 0 Å². The Bertz CT molecular complexity index is 512. The van der Waals surface area contributed by atoms with Crippen LogP contribution < -0.4 is 0 Å². The van der Waals surface area contributed by atoms with Crippen LogP contribution in [0, 0.1) is 35.0 Å². The van der Waals surface area contributed by atoms with Crippen LogP contribution in [0.3, 0.4) is 0 Å². The normalized spacial score (nSPS) is 57.1. The SMILES string of the molecule is CC(C)C1CCC2(C)CC34OC3(CC(=O)C4C)C(C)CCC12. The Morgan fingerprint density at radius 3 is 2.55 bits per heavy atom. The predicted octanol–water partition coefficient (Wildman–Crippen LogP) is 4.61. The molecule has 1 saturated heterocycles. The third-order valence-corrected chi connectivity index (χ3v) is 8.35. The van der Waals surface area contributed by atoms with Gasteiger partial charge in [-0.2, -0.15) is 0 Å². The first-order valence-corrected chi connectivity index (χ1v) is 9.49. The van der Waals surface area contributed by atoms with E-state index in [-0.39, 0.29) is 17.1 Å². The quantitative estimate of drug-likeness (QED) is 0.662. The minimum Gasteiger partial charge on any atom is -0.361 e. The standard InChI is InChI=1S/C20H32O2/c1-12(2)15-8-9-18(5)11-20-14(4)17(21)10-19(20,22-20)13(3)6-7-16(15)18/h12-16H,6-11H2,1-5H3. The fraction of sp³-hybridized carbons (Fsp3) is 0.950. The van der Waals surface area contributed by atoms with Crippen LogP contribution in [0.2, 0.25) is 0 Å². The first kappa shape index (κ1) is 15.2. The zero-order chi connectivity index (χ0) is 15.9. The third-order valence-electron chi connectivity index (χ3n) is 8.35. The zero-order valence-corrected chi connectivity index (χ0v) is 14.9. The van der Waals surface area contributed by atoms with Crippen molar-refractivity contribution in [3.8, 4) is 0 Å². The molecule has 7 unspecified atom stereocenters. The summed E-state index contributed by atoms with van der Waals surface area (Å²) in [4.78, 5) is 12.4. The number of carbonyl (C=O) groups is 1. The van der Waals surface area contributed by atoms with Crippen LogP contribution in [0.25, 0.3) is 0 Å². The van der Waals surface area contributed by atoms with Gasteiger partial charge in [0.05, 0.1) is 0 Å². The number of hydrogen-bond acceptors (Lipinski definition) is 2. The van der Waals surface area contributed by atoms with E-state index in [2.05, 4.69) is 34.6 Å². The lowest BCUT2D eigenvalue weighted by Crippen LogP contribution is -2.41. The molecule has 0 spiro atoms. The molecular formula is C20H32O2. The monoisotopic (exact) mass is 304 g/mol. The van der Waals surface area contributed by atoms with Crippen molar-refractivity contribution in [3.63, 3.8) is 0 Å². The predicted molar refractivity (Wildman–Crippen MR) is 87.5 cm³/mol. The van der Waals surface area contributed by atoms with Gasteiger partial charge in [-0.15, -0.1) is 0 Å². The molecule has 22 heavy (non-hydrogen) atoms. The molecular weight excluding hydrogens is 272 g/mol. The van der Waals surface area contributed by atoms with E-state index in [0.29, 0.717) is 23.5 Å². The van der Waals surface area contributed by atoms with Crippen LogP contribution in [0.5, 0.6) is 0 Å². The number of ether oxygens (including phenoxy) is 1. The minimum absolute atomic E-state index is 0.0899. The van der Waals surface area contributed by atoms with Gasteiger partial charge in [0.25, 0.3) is 0 Å². The fourth-order valence-corrected chi connectivity index (χ4v) is 6.89. The van der Waals surface area contributed by atoms with Crippen molar-refractivity contribution >= 4 is 5.78 Å². The van der Waals surface area contributed by atoms with Gasteiger partial charge in [0.15, 0.2) is 0 Å². The van der Waals surface area contributed by atoms with Crippen LogP contribution in [0.15, 0.2) is 0 Å². The lowest BCUT2D eigenvalue weighted by molar-refractivity contribution is -0.125. The zero-order valence-electron chi connectivity index (χ0n) is 14.9. The van der Waals surface area contributed by atoms with Crippen molar-refractivity contribution in [3.05, 3.63) is 0 Å². The maximum absolute atomic E-state index is 12.4. The van der Waals surface area contributed by atoms with Crippen molar-refractivity contribution in [2.24, 2.45) is 35.0 Å². The number of fused-ring (bicyclic) bond motifs is 1. The van der Waals surface area contributed by atoms with Crippen molar-refractivity contribution < 1.29 is 9.53 Å². The molecule has 4 aliphatic rings. The fourth-order valence-electron chi connectivity index (χ4n) is 6.89. The second-order valence-electron chi connectivity index (χ2n) is 9.61. The third kappa shape index (κ3) is 1.63. The van der Waals surface area contributed by atoms with E-state index in [1.165, 1.54) is 25.7 Å². The summed E-state index contributed by atoms with van der Waals surface area (Å²) in [5.41, 5.74) is 0.186. The smallest absolute Gasteiger partial charge is 0.141 e. The van der Waals surface area contributed by atoms with E-state index in [1.807, 2.05) is 0 Å². The van der Waals surface area contributed by atoms with Crippen LogP contribution in [-0.2, 0) is 9.53 Å². The summed E-state index contributed by atoms with van der Waals surface area (Å²) < 4.78 is 6.49.